The average molecular weight is 959 g/mol. The van der Waals surface area contributed by atoms with Crippen LogP contribution in [0.5, 0.6) is 5.75 Å². The highest BCUT2D eigenvalue weighted by Crippen LogP contribution is 2.68. The molecule has 3 aliphatic heterocycles. The van der Waals surface area contributed by atoms with Crippen LogP contribution in [0.25, 0.3) is 11.2 Å². The number of anilines is 4. The van der Waals surface area contributed by atoms with Crippen molar-refractivity contribution in [3.8, 4) is 5.75 Å². The molecule has 0 aliphatic carbocycles. The first-order valence-electron chi connectivity index (χ1n) is 17.7. The number of hydrogen-bond acceptors (Lipinski definition) is 23. The summed E-state index contributed by atoms with van der Waals surface area (Å²) in [5.41, 5.74) is 7.40. The number of aliphatic hydroxyl groups excluding tert-OH is 3. The van der Waals surface area contributed by atoms with Gasteiger partial charge in [-0.1, -0.05) is 11.6 Å². The lowest BCUT2D eigenvalue weighted by molar-refractivity contribution is -0.0632. The van der Waals surface area contributed by atoms with E-state index in [1.54, 1.807) is 24.3 Å². The smallest absolute Gasteiger partial charge is 0.490 e. The summed E-state index contributed by atoms with van der Waals surface area (Å²) >= 11 is 5.92. The van der Waals surface area contributed by atoms with Gasteiger partial charge in [0.25, 0.3) is 11.1 Å². The fraction of sp³-hybridized carbons (Fsp3) is 0.483. The molecule has 0 bridgehead atoms. The van der Waals surface area contributed by atoms with Gasteiger partial charge in [-0.3, -0.25) is 33.2 Å². The van der Waals surface area contributed by atoms with Gasteiger partial charge in [0, 0.05) is 5.02 Å². The monoisotopic (exact) mass is 958 g/mol. The Balaban J connectivity index is 0.946. The summed E-state index contributed by atoms with van der Waals surface area (Å²) in [5, 5.41) is 44.0. The zero-order valence-corrected chi connectivity index (χ0v) is 35.0. The number of phosphoric ester groups is 2. The maximum absolute atomic E-state index is 13.0. The molecule has 62 heavy (non-hydrogen) atoms. The molecule has 2 saturated heterocycles. The summed E-state index contributed by atoms with van der Waals surface area (Å²) < 4.78 is 73.7. The Morgan fingerprint density at radius 3 is 2.18 bits per heavy atom. The number of nitrogen functional groups attached to an aromatic ring is 2. The summed E-state index contributed by atoms with van der Waals surface area (Å²) in [6.45, 7) is -1.13. The fourth-order valence-electron chi connectivity index (χ4n) is 6.75. The fourth-order valence-corrected chi connectivity index (χ4v) is 10.4. The first-order valence-corrected chi connectivity index (χ1v) is 22.6. The predicted octanol–water partition coefficient (Wildman–Crippen LogP) is -1.79. The van der Waals surface area contributed by atoms with Crippen molar-refractivity contribution >= 4 is 69.6 Å². The number of nitrogens with one attached hydrogen (secondary N) is 2. The van der Waals surface area contributed by atoms with Crippen molar-refractivity contribution in [3.05, 3.63) is 56.3 Å². The minimum absolute atomic E-state index is 0.00363. The third-order valence-corrected chi connectivity index (χ3v) is 14.1. The molecular formula is C29H38ClN10O19P3. The van der Waals surface area contributed by atoms with E-state index in [2.05, 4.69) is 38.1 Å². The van der Waals surface area contributed by atoms with E-state index >= 15 is 0 Å². The lowest BCUT2D eigenvalue weighted by Gasteiger charge is -2.34. The van der Waals surface area contributed by atoms with E-state index in [0.29, 0.717) is 10.8 Å². The van der Waals surface area contributed by atoms with Gasteiger partial charge in [0.2, 0.25) is 11.9 Å². The van der Waals surface area contributed by atoms with E-state index in [-0.39, 0.29) is 54.4 Å². The Bertz CT molecular complexity index is 2580. The van der Waals surface area contributed by atoms with E-state index in [0.717, 1.165) is 17.8 Å². The van der Waals surface area contributed by atoms with Gasteiger partial charge in [-0.05, 0) is 31.2 Å². The van der Waals surface area contributed by atoms with Crippen LogP contribution in [0.1, 0.15) is 13.2 Å². The van der Waals surface area contributed by atoms with Crippen LogP contribution in [0.3, 0.4) is 0 Å². The zero-order chi connectivity index (χ0) is 45.1. The molecule has 3 unspecified atom stereocenters. The standard InChI is InChI=1S/C29H38ClN10O19P3/c1-29(46)20(43)15(57-26(29)40-11-38(17-22(40)35-28(32)37-24(17)45)6-7-53-13-4-2-12(30)3-5-13)9-55-61(49,50)59-62(51,52)58-60(47,48)54-8-14-18(41)19(42)25(56-14)39-10-33-16-21(39)34-27(31)36-23(16)44/h2-5,10,14-15,18-20,25-26,41-43,46H,6-9,11H2,1H3,(H,47,48)(H,49,50)(H,51,52)(H3,31,34,36,44)(H3,32,35,37,45)/t14-,15-,18-,19-,20-,25-,26-,29-/m1/s1. The zero-order valence-electron chi connectivity index (χ0n) is 31.6. The van der Waals surface area contributed by atoms with E-state index in [1.807, 2.05) is 0 Å². The molecule has 6 heterocycles. The minimum Gasteiger partial charge on any atom is -0.492 e. The molecule has 33 heteroatoms. The summed E-state index contributed by atoms with van der Waals surface area (Å²) in [7, 11) is -17.6. The number of phosphoric acid groups is 3. The Morgan fingerprint density at radius 1 is 0.903 bits per heavy atom. The topological polar surface area (TPSA) is 425 Å². The largest absolute Gasteiger partial charge is 0.492 e. The average Bonchev–Trinajstić information content (AvgIpc) is 3.88. The minimum atomic E-state index is -6.06. The summed E-state index contributed by atoms with van der Waals surface area (Å²) in [6.07, 6.45) is -10.9. The number of rotatable bonds is 16. The van der Waals surface area contributed by atoms with Crippen LogP contribution in [0.4, 0.5) is 23.4 Å². The number of aromatic amines is 2. The molecule has 340 valence electrons. The number of halogens is 1. The molecule has 11 atom stereocenters. The van der Waals surface area contributed by atoms with Crippen LogP contribution in [0.2, 0.25) is 5.02 Å². The van der Waals surface area contributed by atoms with E-state index in [9.17, 15) is 58.4 Å². The molecule has 29 nitrogen and oxygen atoms in total. The first-order chi connectivity index (χ1) is 28.9. The Labute approximate surface area is 351 Å². The van der Waals surface area contributed by atoms with Crippen LogP contribution >= 0.6 is 35.1 Å². The number of H-pyrrole nitrogens is 2. The van der Waals surface area contributed by atoms with Crippen molar-refractivity contribution in [2.75, 3.05) is 54.3 Å². The quantitative estimate of drug-likeness (QED) is 0.0552. The number of imidazole rings is 1. The van der Waals surface area contributed by atoms with Gasteiger partial charge in [0.1, 0.15) is 54.2 Å². The van der Waals surface area contributed by atoms with Crippen LogP contribution in [0, 0.1) is 0 Å². The van der Waals surface area contributed by atoms with Crippen molar-refractivity contribution in [3.63, 3.8) is 0 Å². The first kappa shape index (κ1) is 45.9. The Kier molecular flexibility index (Phi) is 12.7. The lowest BCUT2D eigenvalue weighted by Crippen LogP contribution is -2.54. The molecule has 3 aliphatic rings. The van der Waals surface area contributed by atoms with Crippen LogP contribution in [0.15, 0.2) is 40.2 Å². The molecule has 3 aromatic heterocycles. The van der Waals surface area contributed by atoms with Crippen LogP contribution in [-0.2, 0) is 40.8 Å². The summed E-state index contributed by atoms with van der Waals surface area (Å²) in [6, 6.07) is 6.50. The van der Waals surface area contributed by atoms with Crippen molar-refractivity contribution in [1.82, 2.24) is 29.5 Å². The maximum Gasteiger partial charge on any atom is 0.490 e. The third kappa shape index (κ3) is 9.54. The SMILES string of the molecule is C[C@@]1(O)[C@H](O)[C@@H](COP(=O)(O)OP(=O)(O)OP(=O)(O)OC[C@H]2O[C@@H](n3cnc4c(=O)[nH]c(N)nc43)[C@H](O)[C@@H]2O)O[C@H]1N1CN(CCOc2ccc(Cl)cc2)c2c1nc(N)[nH]c2=O. The summed E-state index contributed by atoms with van der Waals surface area (Å²) in [4.78, 5) is 75.0. The molecule has 0 saturated carbocycles. The number of aromatic nitrogens is 6. The molecule has 13 N–H and O–H groups in total. The number of benzene rings is 1. The third-order valence-electron chi connectivity index (χ3n) is 9.57. The van der Waals surface area contributed by atoms with Gasteiger partial charge in [0.15, 0.2) is 29.4 Å². The lowest BCUT2D eigenvalue weighted by atomic mass is 9.96. The van der Waals surface area contributed by atoms with Crippen molar-refractivity contribution in [1.29, 1.82) is 0 Å². The molecular weight excluding hydrogens is 921 g/mol. The van der Waals surface area contributed by atoms with E-state index in [1.165, 1.54) is 9.80 Å². The van der Waals surface area contributed by atoms with E-state index in [4.69, 9.17) is 41.8 Å². The van der Waals surface area contributed by atoms with Crippen molar-refractivity contribution < 1.29 is 80.7 Å². The van der Waals surface area contributed by atoms with Gasteiger partial charge in [-0.25, -0.2) is 18.7 Å². The number of hydrogen-bond donors (Lipinski definition) is 11. The maximum atomic E-state index is 13.0. The second-order valence-corrected chi connectivity index (χ2v) is 19.1. The molecule has 0 radical (unpaired) electrons. The Morgan fingerprint density at radius 2 is 1.52 bits per heavy atom. The summed E-state index contributed by atoms with van der Waals surface area (Å²) in [5.74, 6) is -0.207. The van der Waals surface area contributed by atoms with E-state index < -0.39 is 96.4 Å². The van der Waals surface area contributed by atoms with Gasteiger partial charge < -0.3 is 70.6 Å². The van der Waals surface area contributed by atoms with Crippen LogP contribution in [-0.4, -0.2) is 140 Å². The molecule has 7 rings (SSSR count). The molecule has 2 fully saturated rings. The predicted molar refractivity (Wildman–Crippen MR) is 208 cm³/mol. The number of nitrogens with two attached hydrogens (primary N) is 2. The molecule has 4 aromatic rings. The van der Waals surface area contributed by atoms with Gasteiger partial charge >= 0.3 is 23.5 Å². The van der Waals surface area contributed by atoms with Gasteiger partial charge in [-0.2, -0.15) is 18.6 Å². The molecule has 1 aromatic carbocycles. The molecule has 0 amide bonds. The number of nitrogens with zero attached hydrogens (tertiary/aromatic N) is 6. The Hall–Kier alpha value is -4.09. The number of fused-ring (bicyclic) bond motifs is 2. The second-order valence-electron chi connectivity index (χ2n) is 14.0. The highest BCUT2D eigenvalue weighted by Gasteiger charge is 2.57. The second kappa shape index (κ2) is 17.1. The van der Waals surface area contributed by atoms with Crippen molar-refractivity contribution in [2.24, 2.45) is 0 Å². The van der Waals surface area contributed by atoms with Crippen molar-refractivity contribution in [2.45, 2.75) is 55.5 Å². The van der Waals surface area contributed by atoms with Gasteiger partial charge in [0.05, 0.1) is 32.8 Å². The molecule has 0 spiro atoms. The highest BCUT2D eigenvalue weighted by molar-refractivity contribution is 7.66. The normalized spacial score (nSPS) is 29.1. The van der Waals surface area contributed by atoms with Crippen LogP contribution < -0.4 is 37.1 Å². The van der Waals surface area contributed by atoms with Gasteiger partial charge in [-0.15, -0.1) is 0 Å². The number of ether oxygens (including phenoxy) is 3. The number of aliphatic hydroxyl groups is 4. The highest BCUT2D eigenvalue weighted by atomic mass is 35.5.